The first-order valence-electron chi connectivity index (χ1n) is 4.77. The summed E-state index contributed by atoms with van der Waals surface area (Å²) in [5, 5.41) is 5.98. The lowest BCUT2D eigenvalue weighted by molar-refractivity contribution is 0.397. The number of halogens is 4. The van der Waals surface area contributed by atoms with Crippen LogP contribution >= 0.6 is 12.4 Å². The van der Waals surface area contributed by atoms with Crippen molar-refractivity contribution in [1.82, 2.24) is 10.6 Å². The Bertz CT molecular complexity index is 344. The van der Waals surface area contributed by atoms with Gasteiger partial charge >= 0.3 is 0 Å². The highest BCUT2D eigenvalue weighted by molar-refractivity contribution is 5.85. The average Bonchev–Trinajstić information content (AvgIpc) is 2.17. The van der Waals surface area contributed by atoms with Crippen LogP contribution in [0.5, 0.6) is 0 Å². The van der Waals surface area contributed by atoms with E-state index in [1.165, 1.54) is 0 Å². The lowest BCUT2D eigenvalue weighted by atomic mass is 10.0. The zero-order valence-corrected chi connectivity index (χ0v) is 9.21. The normalized spacial score (nSPS) is 20.3. The minimum absolute atomic E-state index is 0. The van der Waals surface area contributed by atoms with Crippen molar-refractivity contribution in [2.75, 3.05) is 19.6 Å². The first kappa shape index (κ1) is 13.3. The second-order valence-electron chi connectivity index (χ2n) is 3.49. The lowest BCUT2D eigenvalue weighted by Gasteiger charge is -2.25. The first-order chi connectivity index (χ1) is 7.18. The Morgan fingerprint density at radius 1 is 1.06 bits per heavy atom. The van der Waals surface area contributed by atoms with Gasteiger partial charge in [0, 0.05) is 37.3 Å². The van der Waals surface area contributed by atoms with Gasteiger partial charge in [-0.05, 0) is 0 Å². The van der Waals surface area contributed by atoms with E-state index >= 15 is 0 Å². The fraction of sp³-hybridized carbons (Fsp3) is 0.400. The van der Waals surface area contributed by atoms with E-state index in [0.717, 1.165) is 6.54 Å². The molecule has 2 N–H and O–H groups in total. The van der Waals surface area contributed by atoms with E-state index in [9.17, 15) is 13.2 Å². The lowest BCUT2D eigenvalue weighted by Crippen LogP contribution is -2.43. The van der Waals surface area contributed by atoms with E-state index in [1.807, 2.05) is 0 Å². The minimum Gasteiger partial charge on any atom is -0.314 e. The molecule has 2 nitrogen and oxygen atoms in total. The molecular weight excluding hydrogens is 241 g/mol. The molecule has 1 heterocycles. The van der Waals surface area contributed by atoms with Gasteiger partial charge in [-0.15, -0.1) is 12.4 Å². The quantitative estimate of drug-likeness (QED) is 0.796. The monoisotopic (exact) mass is 252 g/mol. The molecule has 1 aliphatic heterocycles. The SMILES string of the molecule is Cl.Fc1cc(F)c([C@H]2CNCCN2)c(F)c1. The molecule has 16 heavy (non-hydrogen) atoms. The summed E-state index contributed by atoms with van der Waals surface area (Å²) in [4.78, 5) is 0. The zero-order valence-electron chi connectivity index (χ0n) is 8.40. The molecule has 0 amide bonds. The summed E-state index contributed by atoms with van der Waals surface area (Å²) in [6, 6.07) is 0.975. The van der Waals surface area contributed by atoms with E-state index in [1.54, 1.807) is 0 Å². The summed E-state index contributed by atoms with van der Waals surface area (Å²) in [7, 11) is 0. The molecular formula is C10H12ClF3N2. The Morgan fingerprint density at radius 3 is 2.19 bits per heavy atom. The van der Waals surface area contributed by atoms with Crippen LogP contribution in [-0.4, -0.2) is 19.6 Å². The Kier molecular flexibility index (Phi) is 4.58. The molecule has 6 heteroatoms. The summed E-state index contributed by atoms with van der Waals surface area (Å²) >= 11 is 0. The Labute approximate surface area is 97.6 Å². The van der Waals surface area contributed by atoms with Gasteiger partial charge in [-0.3, -0.25) is 0 Å². The number of piperazine rings is 1. The van der Waals surface area contributed by atoms with Crippen LogP contribution in [-0.2, 0) is 0 Å². The van der Waals surface area contributed by atoms with Gasteiger partial charge in [0.1, 0.15) is 17.5 Å². The molecule has 1 saturated heterocycles. The molecule has 1 aromatic rings. The molecule has 0 aliphatic carbocycles. The maximum atomic E-state index is 13.3. The van der Waals surface area contributed by atoms with Crippen molar-refractivity contribution in [3.05, 3.63) is 35.1 Å². The highest BCUT2D eigenvalue weighted by Crippen LogP contribution is 2.22. The Balaban J connectivity index is 0.00000128. The van der Waals surface area contributed by atoms with Crippen LogP contribution in [0.15, 0.2) is 12.1 Å². The molecule has 0 unspecified atom stereocenters. The van der Waals surface area contributed by atoms with Crippen LogP contribution in [0, 0.1) is 17.5 Å². The van der Waals surface area contributed by atoms with Gasteiger partial charge in [-0.25, -0.2) is 13.2 Å². The summed E-state index contributed by atoms with van der Waals surface area (Å²) in [5.74, 6) is -2.57. The van der Waals surface area contributed by atoms with Crippen LogP contribution < -0.4 is 10.6 Å². The van der Waals surface area contributed by atoms with E-state index < -0.39 is 23.5 Å². The third-order valence-electron chi connectivity index (χ3n) is 2.43. The summed E-state index contributed by atoms with van der Waals surface area (Å²) in [6.45, 7) is 1.85. The van der Waals surface area contributed by atoms with Crippen LogP contribution in [0.1, 0.15) is 11.6 Å². The van der Waals surface area contributed by atoms with E-state index in [-0.39, 0.29) is 18.0 Å². The number of nitrogens with one attached hydrogen (secondary N) is 2. The number of rotatable bonds is 1. The van der Waals surface area contributed by atoms with Gasteiger partial charge in [0.15, 0.2) is 0 Å². The van der Waals surface area contributed by atoms with Crippen LogP contribution in [0.3, 0.4) is 0 Å². The molecule has 2 rings (SSSR count). The predicted molar refractivity (Wildman–Crippen MR) is 57.2 cm³/mol. The van der Waals surface area contributed by atoms with E-state index in [2.05, 4.69) is 10.6 Å². The van der Waals surface area contributed by atoms with E-state index in [4.69, 9.17) is 0 Å². The fourth-order valence-corrected chi connectivity index (χ4v) is 1.74. The fourth-order valence-electron chi connectivity index (χ4n) is 1.74. The van der Waals surface area contributed by atoms with Crippen molar-refractivity contribution in [3.8, 4) is 0 Å². The molecule has 0 aromatic heterocycles. The van der Waals surface area contributed by atoms with Crippen LogP contribution in [0.2, 0.25) is 0 Å². The van der Waals surface area contributed by atoms with Gasteiger partial charge in [-0.1, -0.05) is 0 Å². The maximum absolute atomic E-state index is 13.3. The highest BCUT2D eigenvalue weighted by Gasteiger charge is 2.22. The van der Waals surface area contributed by atoms with Crippen molar-refractivity contribution in [1.29, 1.82) is 0 Å². The minimum atomic E-state index is -0.891. The van der Waals surface area contributed by atoms with Crippen molar-refractivity contribution >= 4 is 12.4 Å². The molecule has 0 spiro atoms. The zero-order chi connectivity index (χ0) is 10.8. The molecule has 1 aromatic carbocycles. The van der Waals surface area contributed by atoms with E-state index in [0.29, 0.717) is 25.2 Å². The van der Waals surface area contributed by atoms with Gasteiger partial charge in [0.05, 0.1) is 6.04 Å². The number of hydrogen-bond donors (Lipinski definition) is 2. The Hall–Kier alpha value is -0.780. The first-order valence-corrected chi connectivity index (χ1v) is 4.77. The molecule has 0 radical (unpaired) electrons. The Morgan fingerprint density at radius 2 is 1.69 bits per heavy atom. The third-order valence-corrected chi connectivity index (χ3v) is 2.43. The predicted octanol–water partition coefficient (Wildman–Crippen LogP) is 1.76. The highest BCUT2D eigenvalue weighted by atomic mass is 35.5. The molecule has 90 valence electrons. The van der Waals surface area contributed by atoms with Gasteiger partial charge in [0.2, 0.25) is 0 Å². The number of benzene rings is 1. The van der Waals surface area contributed by atoms with Gasteiger partial charge < -0.3 is 10.6 Å². The van der Waals surface area contributed by atoms with Gasteiger partial charge in [-0.2, -0.15) is 0 Å². The average molecular weight is 253 g/mol. The second kappa shape index (κ2) is 5.52. The smallest absolute Gasteiger partial charge is 0.133 e. The number of hydrogen-bond acceptors (Lipinski definition) is 2. The molecule has 0 bridgehead atoms. The van der Waals surface area contributed by atoms with Crippen LogP contribution in [0.25, 0.3) is 0 Å². The molecule has 1 atom stereocenters. The maximum Gasteiger partial charge on any atom is 0.133 e. The van der Waals surface area contributed by atoms with Crippen molar-refractivity contribution < 1.29 is 13.2 Å². The van der Waals surface area contributed by atoms with Crippen molar-refractivity contribution in [3.63, 3.8) is 0 Å². The van der Waals surface area contributed by atoms with Crippen molar-refractivity contribution in [2.45, 2.75) is 6.04 Å². The van der Waals surface area contributed by atoms with Crippen molar-refractivity contribution in [2.24, 2.45) is 0 Å². The topological polar surface area (TPSA) is 24.1 Å². The summed E-state index contributed by atoms with van der Waals surface area (Å²) in [5.41, 5.74) is -0.0939. The molecule has 1 fully saturated rings. The molecule has 0 saturated carbocycles. The standard InChI is InChI=1S/C10H11F3N2.ClH/c11-6-3-7(12)10(8(13)4-6)9-5-14-1-2-15-9;/h3-4,9,14-15H,1-2,5H2;1H/t9-;/m1./s1. The summed E-state index contributed by atoms with van der Waals surface area (Å²) in [6.07, 6.45) is 0. The van der Waals surface area contributed by atoms with Crippen LogP contribution in [0.4, 0.5) is 13.2 Å². The van der Waals surface area contributed by atoms with Gasteiger partial charge in [0.25, 0.3) is 0 Å². The summed E-state index contributed by atoms with van der Waals surface area (Å²) < 4.78 is 39.4. The third kappa shape index (κ3) is 2.66. The largest absolute Gasteiger partial charge is 0.314 e. The molecule has 1 aliphatic rings. The second-order valence-corrected chi connectivity index (χ2v) is 3.49.